The van der Waals surface area contributed by atoms with Gasteiger partial charge in [-0.25, -0.2) is 0 Å². The van der Waals surface area contributed by atoms with Crippen LogP contribution in [0.4, 0.5) is 0 Å². The van der Waals surface area contributed by atoms with Gasteiger partial charge in [0, 0.05) is 0 Å². The third-order valence-corrected chi connectivity index (χ3v) is 1.73. The van der Waals surface area contributed by atoms with Crippen molar-refractivity contribution in [2.24, 2.45) is 11.8 Å². The molecule has 0 spiro atoms. The molecule has 0 aromatic heterocycles. The van der Waals surface area contributed by atoms with E-state index < -0.39 is 11.9 Å². The monoisotopic (exact) mass is 124 g/mol. The molecular formula is C6H4O3. The molecule has 2 atom stereocenters. The van der Waals surface area contributed by atoms with E-state index in [2.05, 4.69) is 11.3 Å². The van der Waals surface area contributed by atoms with Crippen molar-refractivity contribution in [3.8, 4) is 0 Å². The minimum Gasteiger partial charge on any atom is -0.392 e. The van der Waals surface area contributed by atoms with Gasteiger partial charge in [0.05, 0.1) is 11.8 Å². The first-order chi connectivity index (χ1) is 4.22. The van der Waals surface area contributed by atoms with Gasteiger partial charge in [-0.15, -0.1) is 0 Å². The molecule has 3 heteroatoms. The Hall–Kier alpha value is -1.12. The van der Waals surface area contributed by atoms with Crippen molar-refractivity contribution >= 4 is 11.9 Å². The standard InChI is InChI=1S/C6H4O3/c1-2-3-4(2)6(8)9-5(3)7/h3-4H,1H2. The van der Waals surface area contributed by atoms with Gasteiger partial charge in [0.2, 0.25) is 0 Å². The molecule has 2 rings (SSSR count). The van der Waals surface area contributed by atoms with Gasteiger partial charge in [-0.2, -0.15) is 0 Å². The van der Waals surface area contributed by atoms with Crippen LogP contribution in [0.15, 0.2) is 12.2 Å². The molecular weight excluding hydrogens is 120 g/mol. The lowest BCUT2D eigenvalue weighted by Crippen LogP contribution is -2.04. The molecule has 1 saturated carbocycles. The fourth-order valence-corrected chi connectivity index (χ4v) is 1.12. The van der Waals surface area contributed by atoms with Gasteiger partial charge < -0.3 is 4.74 Å². The predicted molar refractivity (Wildman–Crippen MR) is 27.2 cm³/mol. The molecule has 46 valence electrons. The highest BCUT2D eigenvalue weighted by Crippen LogP contribution is 2.50. The van der Waals surface area contributed by atoms with Crippen LogP contribution in [-0.4, -0.2) is 11.9 Å². The van der Waals surface area contributed by atoms with Crippen molar-refractivity contribution < 1.29 is 14.3 Å². The van der Waals surface area contributed by atoms with Crippen LogP contribution in [0.25, 0.3) is 0 Å². The average Bonchev–Trinajstić information content (AvgIpc) is 2.30. The normalized spacial score (nSPS) is 38.4. The molecule has 0 N–H and O–H groups in total. The third-order valence-electron chi connectivity index (χ3n) is 1.73. The Kier molecular flexibility index (Phi) is 0.565. The first-order valence-electron chi connectivity index (χ1n) is 2.66. The Morgan fingerprint density at radius 2 is 1.67 bits per heavy atom. The van der Waals surface area contributed by atoms with Gasteiger partial charge >= 0.3 is 11.9 Å². The molecule has 2 unspecified atom stereocenters. The minimum atomic E-state index is -0.421. The molecule has 0 bridgehead atoms. The Balaban J connectivity index is 2.38. The number of carbonyl (C=O) groups excluding carboxylic acids is 2. The summed E-state index contributed by atoms with van der Waals surface area (Å²) in [4.78, 5) is 21.1. The van der Waals surface area contributed by atoms with E-state index >= 15 is 0 Å². The van der Waals surface area contributed by atoms with Crippen molar-refractivity contribution in [3.63, 3.8) is 0 Å². The van der Waals surface area contributed by atoms with Crippen LogP contribution in [0, 0.1) is 11.8 Å². The van der Waals surface area contributed by atoms with Crippen LogP contribution >= 0.6 is 0 Å². The summed E-state index contributed by atoms with van der Waals surface area (Å²) in [7, 11) is 0. The van der Waals surface area contributed by atoms with E-state index in [1.165, 1.54) is 0 Å². The topological polar surface area (TPSA) is 43.4 Å². The number of carbonyl (C=O) groups is 2. The van der Waals surface area contributed by atoms with Crippen molar-refractivity contribution in [2.45, 2.75) is 0 Å². The fourth-order valence-electron chi connectivity index (χ4n) is 1.12. The molecule has 0 radical (unpaired) electrons. The predicted octanol–water partition coefficient (Wildman–Crippen LogP) is -0.128. The Labute approximate surface area is 51.3 Å². The van der Waals surface area contributed by atoms with E-state index in [-0.39, 0.29) is 11.8 Å². The molecule has 9 heavy (non-hydrogen) atoms. The van der Waals surface area contributed by atoms with E-state index in [1.54, 1.807) is 0 Å². The van der Waals surface area contributed by atoms with Gasteiger partial charge in [-0.1, -0.05) is 6.58 Å². The molecule has 0 amide bonds. The van der Waals surface area contributed by atoms with E-state index in [1.807, 2.05) is 0 Å². The first kappa shape index (κ1) is 4.73. The largest absolute Gasteiger partial charge is 0.392 e. The maximum Gasteiger partial charge on any atom is 0.321 e. The Morgan fingerprint density at radius 1 is 1.22 bits per heavy atom. The molecule has 1 heterocycles. The zero-order chi connectivity index (χ0) is 6.59. The molecule has 2 aliphatic rings. The number of fused-ring (bicyclic) bond motifs is 1. The molecule has 1 aliphatic carbocycles. The molecule has 0 aromatic rings. The number of esters is 2. The van der Waals surface area contributed by atoms with Gasteiger partial charge in [0.1, 0.15) is 0 Å². The SMILES string of the molecule is C=C1C2C(=O)OC(=O)C12. The Bertz CT molecular complexity index is 206. The zero-order valence-corrected chi connectivity index (χ0v) is 4.59. The van der Waals surface area contributed by atoms with Gasteiger partial charge in [-0.05, 0) is 5.57 Å². The third kappa shape index (κ3) is 0.376. The maximum atomic E-state index is 10.5. The summed E-state index contributed by atoms with van der Waals surface area (Å²) < 4.78 is 4.25. The summed E-state index contributed by atoms with van der Waals surface area (Å²) in [5, 5.41) is 0. The quantitative estimate of drug-likeness (QED) is 0.257. The number of cyclic esters (lactones) is 2. The Morgan fingerprint density at radius 3 is 1.89 bits per heavy atom. The van der Waals surface area contributed by atoms with Crippen LogP contribution in [-0.2, 0) is 14.3 Å². The van der Waals surface area contributed by atoms with Gasteiger partial charge in [0.25, 0.3) is 0 Å². The number of ether oxygens (including phenoxy) is 1. The summed E-state index contributed by atoms with van der Waals surface area (Å²) >= 11 is 0. The van der Waals surface area contributed by atoms with Crippen molar-refractivity contribution in [1.29, 1.82) is 0 Å². The summed E-state index contributed by atoms with van der Waals surface area (Å²) in [5.74, 6) is -1.40. The molecule has 1 saturated heterocycles. The lowest BCUT2D eigenvalue weighted by molar-refractivity contribution is -0.154. The highest BCUT2D eigenvalue weighted by atomic mass is 16.6. The lowest BCUT2D eigenvalue weighted by Gasteiger charge is -1.89. The highest BCUT2D eigenvalue weighted by molar-refractivity contribution is 6.06. The summed E-state index contributed by atoms with van der Waals surface area (Å²) in [6.45, 7) is 3.53. The number of hydrogen-bond acceptors (Lipinski definition) is 3. The van der Waals surface area contributed by atoms with Crippen LogP contribution in [0.5, 0.6) is 0 Å². The van der Waals surface area contributed by atoms with Crippen LogP contribution in [0.1, 0.15) is 0 Å². The molecule has 0 aromatic carbocycles. The molecule has 2 fully saturated rings. The van der Waals surface area contributed by atoms with Gasteiger partial charge in [0.15, 0.2) is 0 Å². The molecule has 1 aliphatic heterocycles. The summed E-state index contributed by atoms with van der Waals surface area (Å²) in [5.41, 5.74) is 0.719. The zero-order valence-electron chi connectivity index (χ0n) is 4.59. The van der Waals surface area contributed by atoms with E-state index in [0.29, 0.717) is 0 Å². The first-order valence-corrected chi connectivity index (χ1v) is 2.66. The summed E-state index contributed by atoms with van der Waals surface area (Å²) in [6, 6.07) is 0. The van der Waals surface area contributed by atoms with Crippen LogP contribution in [0.2, 0.25) is 0 Å². The van der Waals surface area contributed by atoms with E-state index in [9.17, 15) is 9.59 Å². The average molecular weight is 124 g/mol. The van der Waals surface area contributed by atoms with Crippen molar-refractivity contribution in [3.05, 3.63) is 12.2 Å². The van der Waals surface area contributed by atoms with E-state index in [0.717, 1.165) is 5.57 Å². The van der Waals surface area contributed by atoms with Crippen molar-refractivity contribution in [2.75, 3.05) is 0 Å². The second kappa shape index (κ2) is 1.07. The smallest absolute Gasteiger partial charge is 0.321 e. The van der Waals surface area contributed by atoms with Crippen LogP contribution in [0.3, 0.4) is 0 Å². The summed E-state index contributed by atoms with van der Waals surface area (Å²) in [6.07, 6.45) is 0. The minimum absolute atomic E-state index is 0.280. The second-order valence-corrected chi connectivity index (χ2v) is 2.27. The van der Waals surface area contributed by atoms with Crippen molar-refractivity contribution in [1.82, 2.24) is 0 Å². The van der Waals surface area contributed by atoms with Crippen LogP contribution < -0.4 is 0 Å². The fraction of sp³-hybridized carbons (Fsp3) is 0.333. The highest BCUT2D eigenvalue weighted by Gasteiger charge is 2.61. The lowest BCUT2D eigenvalue weighted by atomic mass is 10.4. The number of rotatable bonds is 0. The number of hydrogen-bond donors (Lipinski definition) is 0. The van der Waals surface area contributed by atoms with E-state index in [4.69, 9.17) is 0 Å². The second-order valence-electron chi connectivity index (χ2n) is 2.27. The molecule has 3 nitrogen and oxygen atoms in total. The van der Waals surface area contributed by atoms with Gasteiger partial charge in [-0.3, -0.25) is 9.59 Å². The maximum absolute atomic E-state index is 10.5.